The van der Waals surface area contributed by atoms with Crippen LogP contribution in [0.3, 0.4) is 0 Å². The summed E-state index contributed by atoms with van der Waals surface area (Å²) in [5, 5.41) is 21.9. The molecular weight excluding hydrogens is 1280 g/mol. The largest absolute Gasteiger partial charge is 0.468 e. The molecule has 0 saturated heterocycles. The molecule has 0 radical (unpaired) electrons. The SMILES string of the molecule is COc1nc2c(-c3c(C)cnn3C)cc(-c3c(C)noc3C)cc2[nH]1.COc1nc2c(C3=C(C)CN=C3C)cc(-c3c(C)noc3C)cc2[nH]1.Cc1nc2c(-c3c(C)c[nH]c3C)cc(-c3c(C)noc3C)cc2[nH]1.Cc1nc2c(-c3c(C)ccc4ncccc34)cc(-c3c(C)noc3C)cc2[nH]1. The third kappa shape index (κ3) is 12.0. The van der Waals surface area contributed by atoms with Crippen molar-refractivity contribution in [1.82, 2.24) is 80.2 Å². The number of aryl methyl sites for hydroxylation is 15. The first-order valence-electron chi connectivity index (χ1n) is 33.6. The Bertz CT molecular complexity index is 5900. The molecular formula is C79H79N17O6. The van der Waals surface area contributed by atoms with Crippen LogP contribution in [0.25, 0.3) is 139 Å². The molecule has 12 heterocycles. The quantitative estimate of drug-likeness (QED) is 0.0850. The number of pyridine rings is 1. The summed E-state index contributed by atoms with van der Waals surface area (Å²) < 4.78 is 33.9. The standard InChI is InChI=1S/C23H20N4O.C19H20N4O2.C19H20N4O.C18H19N5O2/c1-12-7-8-19-17(6-5-9-24-19)21(12)18-10-16(22-13(2)27-28-14(22)3)11-20-23(18)26-15(4)25-20;1-9-8-20-10(2)16(9)14-6-13(17-11(3)23-25-12(17)4)7-15-18(14)22-19(21-15)24-5;1-9-8-20-10(2)17(9)15-6-14(18-11(3)23-24-12(18)4)7-16-19(15)22-13(5)21-16;1-9-8-19-23(4)17(9)13-6-12(15-10(2)22-25-11(15)3)7-14-16(13)21-18(20-14)24-5/h5-11H,1-4H3,(H,25,26);6-7H,8H2,1-5H3,(H,21,22);6-8,20H,1-5H3,(H,21,22);6-8H,1-5H3,(H,20,21). The Kier molecular flexibility index (Phi) is 17.3. The molecule has 5 N–H and O–H groups in total. The molecule has 0 saturated carbocycles. The summed E-state index contributed by atoms with van der Waals surface area (Å²) in [6.07, 6.45) is 5.72. The molecule has 102 heavy (non-hydrogen) atoms. The van der Waals surface area contributed by atoms with Gasteiger partial charge in [-0.3, -0.25) is 14.7 Å². The molecule has 23 nitrogen and oxygen atoms in total. The fourth-order valence-corrected chi connectivity index (χ4v) is 14.5. The second-order valence-corrected chi connectivity index (χ2v) is 26.3. The Morgan fingerprint density at radius 1 is 0.451 bits per heavy atom. The van der Waals surface area contributed by atoms with Crippen molar-refractivity contribution in [1.29, 1.82) is 0 Å². The molecule has 17 rings (SSSR count). The number of H-pyrrole nitrogens is 5. The molecule has 16 aromatic rings. The monoisotopic (exact) mass is 1360 g/mol. The maximum absolute atomic E-state index is 5.42. The van der Waals surface area contributed by atoms with Crippen molar-refractivity contribution in [3.05, 3.63) is 182 Å². The van der Waals surface area contributed by atoms with Gasteiger partial charge in [-0.15, -0.1) is 0 Å². The van der Waals surface area contributed by atoms with Crippen molar-refractivity contribution in [3.63, 3.8) is 0 Å². The molecule has 0 aliphatic carbocycles. The van der Waals surface area contributed by atoms with Gasteiger partial charge in [0.2, 0.25) is 0 Å². The first kappa shape index (κ1) is 66.9. The van der Waals surface area contributed by atoms with Gasteiger partial charge in [-0.2, -0.15) is 15.1 Å². The van der Waals surface area contributed by atoms with E-state index in [1.165, 1.54) is 22.3 Å². The van der Waals surface area contributed by atoms with Crippen LogP contribution >= 0.6 is 0 Å². The predicted molar refractivity (Wildman–Crippen MR) is 399 cm³/mol. The summed E-state index contributed by atoms with van der Waals surface area (Å²) >= 11 is 0. The molecule has 5 aromatic carbocycles. The van der Waals surface area contributed by atoms with Gasteiger partial charge in [-0.25, -0.2) is 9.97 Å². The Morgan fingerprint density at radius 3 is 1.30 bits per heavy atom. The number of nitrogens with one attached hydrogen (secondary N) is 5. The van der Waals surface area contributed by atoms with Crippen LogP contribution in [0, 0.1) is 96.9 Å². The van der Waals surface area contributed by atoms with Gasteiger partial charge in [0.1, 0.15) is 45.7 Å². The van der Waals surface area contributed by atoms with Crippen molar-refractivity contribution >= 4 is 66.3 Å². The third-order valence-corrected chi connectivity index (χ3v) is 19.0. The number of aromatic nitrogens is 16. The number of nitrogens with zero attached hydrogens (tertiary/aromatic N) is 12. The number of ether oxygens (including phenoxy) is 2. The second kappa shape index (κ2) is 26.4. The number of hydrogen-bond donors (Lipinski definition) is 5. The van der Waals surface area contributed by atoms with Gasteiger partial charge >= 0.3 is 0 Å². The maximum Gasteiger partial charge on any atom is 0.294 e. The molecule has 0 bridgehead atoms. The van der Waals surface area contributed by atoms with Crippen LogP contribution in [0.15, 0.2) is 120 Å². The number of aromatic amines is 5. The van der Waals surface area contributed by atoms with Crippen LogP contribution in [0.2, 0.25) is 0 Å². The highest BCUT2D eigenvalue weighted by molar-refractivity contribution is 6.27. The number of imidazole rings is 4. The van der Waals surface area contributed by atoms with E-state index >= 15 is 0 Å². The Morgan fingerprint density at radius 2 is 0.892 bits per heavy atom. The van der Waals surface area contributed by atoms with E-state index in [1.54, 1.807) is 14.2 Å². The predicted octanol–water partition coefficient (Wildman–Crippen LogP) is 18.1. The highest BCUT2D eigenvalue weighted by Crippen LogP contribution is 2.44. The van der Waals surface area contributed by atoms with Gasteiger partial charge in [-0.1, -0.05) is 32.8 Å². The molecule has 0 unspecified atom stereocenters. The Labute approximate surface area is 587 Å². The average Bonchev–Trinajstić information content (AvgIpc) is 1.68. The summed E-state index contributed by atoms with van der Waals surface area (Å²) in [6.45, 7) is 32.8. The van der Waals surface area contributed by atoms with Crippen molar-refractivity contribution in [2.45, 2.75) is 111 Å². The van der Waals surface area contributed by atoms with Gasteiger partial charge in [0.05, 0.1) is 94.0 Å². The molecule has 516 valence electrons. The number of aliphatic imine (C=N–C) groups is 1. The van der Waals surface area contributed by atoms with Crippen LogP contribution in [-0.2, 0) is 7.05 Å². The van der Waals surface area contributed by atoms with Gasteiger partial charge in [-0.05, 0) is 222 Å². The molecule has 1 aliphatic heterocycles. The van der Waals surface area contributed by atoms with Gasteiger partial charge in [0.25, 0.3) is 12.0 Å². The lowest BCUT2D eigenvalue weighted by molar-refractivity contribution is 0.385. The molecule has 1 aliphatic rings. The van der Waals surface area contributed by atoms with Crippen LogP contribution in [0.5, 0.6) is 12.0 Å². The number of allylic oxidation sites excluding steroid dienone is 1. The zero-order valence-electron chi connectivity index (χ0n) is 60.7. The molecule has 0 fully saturated rings. The zero-order chi connectivity index (χ0) is 71.9. The lowest BCUT2D eigenvalue weighted by Crippen LogP contribution is -1.97. The summed E-state index contributed by atoms with van der Waals surface area (Å²) in [6, 6.07) is 26.3. The number of hydrogen-bond acceptors (Lipinski definition) is 17. The molecule has 0 amide bonds. The van der Waals surface area contributed by atoms with E-state index in [0.717, 1.165) is 220 Å². The first-order valence-corrected chi connectivity index (χ1v) is 33.6. The van der Waals surface area contributed by atoms with Crippen molar-refractivity contribution < 1.29 is 27.6 Å². The number of methoxy groups -OCH3 is 2. The van der Waals surface area contributed by atoms with E-state index in [9.17, 15) is 0 Å². The van der Waals surface area contributed by atoms with Gasteiger partial charge in [0.15, 0.2) is 0 Å². The van der Waals surface area contributed by atoms with E-state index in [0.29, 0.717) is 12.0 Å². The number of fused-ring (bicyclic) bond motifs is 5. The van der Waals surface area contributed by atoms with Crippen molar-refractivity contribution in [2.75, 3.05) is 20.8 Å². The lowest BCUT2D eigenvalue weighted by Gasteiger charge is -2.13. The highest BCUT2D eigenvalue weighted by Gasteiger charge is 2.26. The maximum atomic E-state index is 5.42. The molecule has 23 heteroatoms. The van der Waals surface area contributed by atoms with E-state index in [-0.39, 0.29) is 0 Å². The number of benzene rings is 5. The molecule has 0 atom stereocenters. The highest BCUT2D eigenvalue weighted by atomic mass is 16.5. The summed E-state index contributed by atoms with van der Waals surface area (Å²) in [5.41, 5.74) is 36.1. The van der Waals surface area contributed by atoms with Crippen LogP contribution in [0.1, 0.15) is 99.3 Å². The van der Waals surface area contributed by atoms with Crippen LogP contribution < -0.4 is 9.47 Å². The number of rotatable bonds is 10. The Hall–Kier alpha value is -12.3. The normalized spacial score (nSPS) is 12.2. The van der Waals surface area contributed by atoms with E-state index < -0.39 is 0 Å². The smallest absolute Gasteiger partial charge is 0.294 e. The summed E-state index contributed by atoms with van der Waals surface area (Å²) in [7, 11) is 5.14. The zero-order valence-corrected chi connectivity index (χ0v) is 60.7. The van der Waals surface area contributed by atoms with Crippen molar-refractivity contribution in [3.8, 4) is 90.0 Å². The third-order valence-electron chi connectivity index (χ3n) is 19.0. The van der Waals surface area contributed by atoms with Crippen LogP contribution in [-0.4, -0.2) is 107 Å². The van der Waals surface area contributed by atoms with Crippen LogP contribution in [0.4, 0.5) is 0 Å². The van der Waals surface area contributed by atoms with Gasteiger partial charge in [0, 0.05) is 91.9 Å². The minimum Gasteiger partial charge on any atom is -0.468 e. The van der Waals surface area contributed by atoms with E-state index in [2.05, 4.69) is 159 Å². The van der Waals surface area contributed by atoms with E-state index in [1.807, 2.05) is 126 Å². The van der Waals surface area contributed by atoms with E-state index in [4.69, 9.17) is 37.5 Å². The van der Waals surface area contributed by atoms with Crippen molar-refractivity contribution in [2.24, 2.45) is 12.0 Å². The second-order valence-electron chi connectivity index (χ2n) is 26.3. The summed E-state index contributed by atoms with van der Waals surface area (Å²) in [5.74, 6) is 5.04. The minimum atomic E-state index is 0.479. The Balaban J connectivity index is 0.000000115. The van der Waals surface area contributed by atoms with Gasteiger partial charge < -0.3 is 52.5 Å². The lowest BCUT2D eigenvalue weighted by atomic mass is 9.92. The average molecular weight is 1360 g/mol. The molecule has 0 spiro atoms. The first-order chi connectivity index (χ1) is 49.0. The molecule has 11 aromatic heterocycles. The minimum absolute atomic E-state index is 0.479. The fraction of sp³-hybridized carbons (Fsp3) is 0.253. The fourth-order valence-electron chi connectivity index (χ4n) is 14.5. The topological polar surface area (TPSA) is 296 Å². The summed E-state index contributed by atoms with van der Waals surface area (Å²) in [4.78, 5) is 44.3.